The molecule has 8 heteroatoms. The molecule has 1 saturated carbocycles. The van der Waals surface area contributed by atoms with Crippen molar-refractivity contribution in [2.24, 2.45) is 16.6 Å². The van der Waals surface area contributed by atoms with Crippen LogP contribution >= 0.6 is 24.0 Å². The molecule has 1 unspecified atom stereocenters. The maximum absolute atomic E-state index is 12.8. The molecule has 3 rings (SSSR count). The van der Waals surface area contributed by atoms with Crippen molar-refractivity contribution in [2.75, 3.05) is 19.6 Å². The molecular weight excluding hydrogens is 493 g/mol. The fourth-order valence-electron chi connectivity index (χ4n) is 4.14. The summed E-state index contributed by atoms with van der Waals surface area (Å²) in [7, 11) is 0. The van der Waals surface area contributed by atoms with E-state index in [2.05, 4.69) is 15.6 Å². The van der Waals surface area contributed by atoms with Gasteiger partial charge >= 0.3 is 0 Å². The first kappa shape index (κ1) is 24.4. The minimum absolute atomic E-state index is 0. The lowest BCUT2D eigenvalue weighted by Gasteiger charge is -2.26. The number of carbonyl (C=O) groups excluding carboxylic acids is 2. The van der Waals surface area contributed by atoms with Crippen molar-refractivity contribution >= 4 is 41.8 Å². The second-order valence-electron chi connectivity index (χ2n) is 8.01. The van der Waals surface area contributed by atoms with Crippen LogP contribution in [-0.2, 0) is 11.3 Å². The number of hydrogen-bond acceptors (Lipinski definition) is 3. The summed E-state index contributed by atoms with van der Waals surface area (Å²) < 4.78 is 0. The van der Waals surface area contributed by atoms with Crippen LogP contribution in [0.3, 0.4) is 0 Å². The number of nitrogens with two attached hydrogens (primary N) is 1. The Bertz CT molecular complexity index is 732. The van der Waals surface area contributed by atoms with Crippen LogP contribution in [0.2, 0.25) is 0 Å². The summed E-state index contributed by atoms with van der Waals surface area (Å²) in [6, 6.07) is 7.40. The molecule has 0 bridgehead atoms. The van der Waals surface area contributed by atoms with Gasteiger partial charge in [0.05, 0.1) is 6.54 Å². The molecule has 1 heterocycles. The second-order valence-corrected chi connectivity index (χ2v) is 8.01. The molecule has 1 atom stereocenters. The third kappa shape index (κ3) is 6.85. The van der Waals surface area contributed by atoms with E-state index in [0.29, 0.717) is 18.0 Å². The molecule has 0 spiro atoms. The van der Waals surface area contributed by atoms with Gasteiger partial charge in [0.15, 0.2) is 5.96 Å². The molecule has 1 saturated heterocycles. The fraction of sp³-hybridized carbons (Fsp3) is 0.591. The van der Waals surface area contributed by atoms with E-state index in [4.69, 9.17) is 5.73 Å². The van der Waals surface area contributed by atoms with Crippen molar-refractivity contribution in [1.82, 2.24) is 15.5 Å². The quantitative estimate of drug-likeness (QED) is 0.301. The minimum Gasteiger partial charge on any atom is -0.366 e. The smallest absolute Gasteiger partial charge is 0.248 e. The molecule has 1 aliphatic heterocycles. The third-order valence-electron chi connectivity index (χ3n) is 5.80. The molecule has 1 aromatic carbocycles. The summed E-state index contributed by atoms with van der Waals surface area (Å²) in [5, 5.41) is 6.75. The van der Waals surface area contributed by atoms with Gasteiger partial charge in [0.2, 0.25) is 11.8 Å². The van der Waals surface area contributed by atoms with Crippen molar-refractivity contribution in [1.29, 1.82) is 0 Å². The van der Waals surface area contributed by atoms with Gasteiger partial charge in [-0.25, -0.2) is 4.99 Å². The van der Waals surface area contributed by atoms with Crippen LogP contribution in [0.15, 0.2) is 29.3 Å². The summed E-state index contributed by atoms with van der Waals surface area (Å²) >= 11 is 0. The zero-order valence-electron chi connectivity index (χ0n) is 17.7. The number of halogens is 1. The molecule has 166 valence electrons. The van der Waals surface area contributed by atoms with Crippen molar-refractivity contribution in [3.05, 3.63) is 35.4 Å². The topological polar surface area (TPSA) is 99.8 Å². The van der Waals surface area contributed by atoms with Crippen LogP contribution in [0.1, 0.15) is 61.4 Å². The van der Waals surface area contributed by atoms with E-state index in [1.165, 1.54) is 19.3 Å². The van der Waals surface area contributed by atoms with Gasteiger partial charge in [-0.1, -0.05) is 31.4 Å². The maximum Gasteiger partial charge on any atom is 0.248 e. The van der Waals surface area contributed by atoms with E-state index in [0.717, 1.165) is 50.4 Å². The van der Waals surface area contributed by atoms with Crippen LogP contribution < -0.4 is 16.4 Å². The van der Waals surface area contributed by atoms with Gasteiger partial charge in [-0.15, -0.1) is 24.0 Å². The lowest BCUT2D eigenvalue weighted by molar-refractivity contribution is -0.135. The van der Waals surface area contributed by atoms with Gasteiger partial charge in [0.1, 0.15) is 0 Å². The number of nitrogens with one attached hydrogen (secondary N) is 2. The summed E-state index contributed by atoms with van der Waals surface area (Å²) in [6.45, 7) is 4.87. The SMILES string of the molecule is CCNC(=NCc1ccc(C(N)=O)cc1)NC1CCN(C(=O)C2CCCCC2)C1.I. The van der Waals surface area contributed by atoms with Crippen LogP contribution in [0.5, 0.6) is 0 Å². The first-order valence-electron chi connectivity index (χ1n) is 10.8. The zero-order chi connectivity index (χ0) is 20.6. The highest BCUT2D eigenvalue weighted by molar-refractivity contribution is 14.0. The Labute approximate surface area is 196 Å². The number of likely N-dealkylation sites (tertiary alicyclic amines) is 1. The lowest BCUT2D eigenvalue weighted by atomic mass is 9.88. The Kier molecular flexibility index (Phi) is 9.87. The largest absolute Gasteiger partial charge is 0.366 e. The highest BCUT2D eigenvalue weighted by atomic mass is 127. The normalized spacial score (nSPS) is 19.8. The van der Waals surface area contributed by atoms with Gasteiger partial charge in [-0.2, -0.15) is 0 Å². The number of benzene rings is 1. The van der Waals surface area contributed by atoms with Gasteiger partial charge in [0, 0.05) is 37.2 Å². The fourth-order valence-corrected chi connectivity index (χ4v) is 4.14. The van der Waals surface area contributed by atoms with Gasteiger partial charge in [-0.05, 0) is 43.9 Å². The number of nitrogens with zero attached hydrogens (tertiary/aromatic N) is 2. The number of rotatable bonds is 6. The first-order chi connectivity index (χ1) is 14.1. The Morgan fingerprint density at radius 1 is 1.13 bits per heavy atom. The Balaban J connectivity index is 0.00000320. The van der Waals surface area contributed by atoms with E-state index in [9.17, 15) is 9.59 Å². The van der Waals surface area contributed by atoms with Crippen LogP contribution in [0.4, 0.5) is 0 Å². The second kappa shape index (κ2) is 12.1. The van der Waals surface area contributed by atoms with E-state index in [-0.39, 0.29) is 35.9 Å². The van der Waals surface area contributed by atoms with Crippen LogP contribution in [0.25, 0.3) is 0 Å². The van der Waals surface area contributed by atoms with Crippen molar-refractivity contribution in [3.8, 4) is 0 Å². The van der Waals surface area contributed by atoms with Crippen LogP contribution in [0, 0.1) is 5.92 Å². The van der Waals surface area contributed by atoms with Gasteiger partial charge < -0.3 is 21.3 Å². The summed E-state index contributed by atoms with van der Waals surface area (Å²) in [6.07, 6.45) is 6.67. The Hall–Kier alpha value is -1.84. The Morgan fingerprint density at radius 3 is 2.47 bits per heavy atom. The average molecular weight is 527 g/mol. The predicted molar refractivity (Wildman–Crippen MR) is 130 cm³/mol. The van der Waals surface area contributed by atoms with Crippen LogP contribution in [-0.4, -0.2) is 48.3 Å². The number of hydrogen-bond donors (Lipinski definition) is 3. The number of primary amides is 1. The maximum atomic E-state index is 12.8. The Morgan fingerprint density at radius 2 is 1.83 bits per heavy atom. The van der Waals surface area contributed by atoms with Gasteiger partial charge in [-0.3, -0.25) is 9.59 Å². The molecule has 1 aliphatic carbocycles. The zero-order valence-corrected chi connectivity index (χ0v) is 20.1. The molecule has 1 aromatic rings. The number of aliphatic imine (C=N–C) groups is 1. The predicted octanol–water partition coefficient (Wildman–Crippen LogP) is 2.64. The molecule has 2 fully saturated rings. The molecule has 4 N–H and O–H groups in total. The average Bonchev–Trinajstić information content (AvgIpc) is 3.21. The number of guanidine groups is 1. The summed E-state index contributed by atoms with van der Waals surface area (Å²) in [5.74, 6) is 0.894. The summed E-state index contributed by atoms with van der Waals surface area (Å²) in [4.78, 5) is 30.6. The molecule has 30 heavy (non-hydrogen) atoms. The number of amides is 2. The van der Waals surface area contributed by atoms with Crippen molar-refractivity contribution in [3.63, 3.8) is 0 Å². The molecule has 2 amide bonds. The van der Waals surface area contributed by atoms with E-state index in [1.54, 1.807) is 12.1 Å². The number of carbonyl (C=O) groups is 2. The first-order valence-corrected chi connectivity index (χ1v) is 10.8. The highest BCUT2D eigenvalue weighted by Crippen LogP contribution is 2.26. The van der Waals surface area contributed by atoms with E-state index >= 15 is 0 Å². The molecule has 7 nitrogen and oxygen atoms in total. The highest BCUT2D eigenvalue weighted by Gasteiger charge is 2.31. The molecule has 2 aliphatic rings. The molecule has 0 radical (unpaired) electrons. The monoisotopic (exact) mass is 527 g/mol. The van der Waals surface area contributed by atoms with Crippen molar-refractivity contribution in [2.45, 2.75) is 58.0 Å². The lowest BCUT2D eigenvalue weighted by Crippen LogP contribution is -2.45. The van der Waals surface area contributed by atoms with E-state index < -0.39 is 5.91 Å². The van der Waals surface area contributed by atoms with Gasteiger partial charge in [0.25, 0.3) is 0 Å². The standard InChI is InChI=1S/C22H33N5O2.HI/c1-2-24-22(25-14-16-8-10-17(11-9-16)20(23)28)26-19-12-13-27(15-19)21(29)18-6-4-3-5-7-18;/h8-11,18-19H,2-7,12-15H2,1H3,(H2,23,28)(H2,24,25,26);1H. The third-order valence-corrected chi connectivity index (χ3v) is 5.80. The summed E-state index contributed by atoms with van der Waals surface area (Å²) in [5.41, 5.74) is 6.79. The van der Waals surface area contributed by atoms with E-state index in [1.807, 2.05) is 24.0 Å². The molecular formula is C22H34IN5O2. The minimum atomic E-state index is -0.427. The molecule has 0 aromatic heterocycles. The van der Waals surface area contributed by atoms with Crippen molar-refractivity contribution < 1.29 is 9.59 Å².